The molecular formula is C20H25F3N4O2. The number of piperazine rings is 1. The van der Waals surface area contributed by atoms with Crippen molar-refractivity contribution in [2.75, 3.05) is 44.2 Å². The number of anilines is 1. The lowest BCUT2D eigenvalue weighted by atomic mass is 10.1. The maximum absolute atomic E-state index is 13.0. The van der Waals surface area contributed by atoms with Crippen molar-refractivity contribution in [3.05, 3.63) is 54.0 Å². The van der Waals surface area contributed by atoms with E-state index >= 15 is 0 Å². The minimum Gasteiger partial charge on any atom is -0.467 e. The van der Waals surface area contributed by atoms with Crippen LogP contribution in [0.25, 0.3) is 0 Å². The first kappa shape index (κ1) is 21.0. The number of alkyl halides is 3. The van der Waals surface area contributed by atoms with Crippen LogP contribution >= 0.6 is 0 Å². The van der Waals surface area contributed by atoms with Crippen molar-refractivity contribution in [1.82, 2.24) is 10.2 Å². The van der Waals surface area contributed by atoms with Gasteiger partial charge in [-0.25, -0.2) is 4.99 Å². The summed E-state index contributed by atoms with van der Waals surface area (Å²) in [7, 11) is 0. The zero-order valence-electron chi connectivity index (χ0n) is 16.2. The Morgan fingerprint density at radius 2 is 1.97 bits per heavy atom. The topological polar surface area (TPSA) is 64.2 Å². The molecule has 1 aliphatic rings. The molecule has 6 nitrogen and oxygen atoms in total. The lowest BCUT2D eigenvalue weighted by Gasteiger charge is -2.38. The smallest absolute Gasteiger partial charge is 0.416 e. The number of rotatable bonds is 5. The second-order valence-corrected chi connectivity index (χ2v) is 6.75. The zero-order chi connectivity index (χ0) is 20.9. The molecule has 1 atom stereocenters. The molecule has 2 N–H and O–H groups in total. The first-order chi connectivity index (χ1) is 13.9. The van der Waals surface area contributed by atoms with E-state index in [-0.39, 0.29) is 6.54 Å². The summed E-state index contributed by atoms with van der Waals surface area (Å²) in [5.41, 5.74) is -0.0751. The summed E-state index contributed by atoms with van der Waals surface area (Å²) >= 11 is 0. The first-order valence-electron chi connectivity index (χ1n) is 9.55. The van der Waals surface area contributed by atoms with E-state index in [1.54, 1.807) is 18.2 Å². The third-order valence-electron chi connectivity index (χ3n) is 4.74. The van der Waals surface area contributed by atoms with E-state index in [4.69, 9.17) is 4.42 Å². The Morgan fingerprint density at radius 1 is 1.21 bits per heavy atom. The Labute approximate surface area is 167 Å². The summed E-state index contributed by atoms with van der Waals surface area (Å²) in [4.78, 5) is 8.47. The van der Waals surface area contributed by atoms with Gasteiger partial charge in [-0.15, -0.1) is 0 Å². The standard InChI is InChI=1S/C20H25F3N4O2/c1-2-24-19(25-14-17(28)18-7-4-12-29-18)27-10-8-26(9-11-27)16-6-3-5-15(13-16)20(21,22)23/h3-7,12-13,17,28H,2,8-11,14H2,1H3,(H,24,25). The van der Waals surface area contributed by atoms with Crippen LogP contribution in [0, 0.1) is 0 Å². The molecule has 158 valence electrons. The highest BCUT2D eigenvalue weighted by Crippen LogP contribution is 2.31. The van der Waals surface area contributed by atoms with Crippen LogP contribution in [-0.2, 0) is 6.18 Å². The van der Waals surface area contributed by atoms with E-state index in [1.165, 1.54) is 18.4 Å². The Hall–Kier alpha value is -2.68. The molecule has 1 fully saturated rings. The average Bonchev–Trinajstić information content (AvgIpc) is 3.25. The minimum absolute atomic E-state index is 0.156. The van der Waals surface area contributed by atoms with Crippen LogP contribution in [0.15, 0.2) is 52.1 Å². The highest BCUT2D eigenvalue weighted by molar-refractivity contribution is 5.80. The van der Waals surface area contributed by atoms with Crippen molar-refractivity contribution in [1.29, 1.82) is 0 Å². The molecule has 0 radical (unpaired) electrons. The van der Waals surface area contributed by atoms with Crippen molar-refractivity contribution in [2.24, 2.45) is 4.99 Å². The third kappa shape index (κ3) is 5.44. The van der Waals surface area contributed by atoms with Gasteiger partial charge in [0, 0.05) is 38.4 Å². The SMILES string of the molecule is CCNC(=NCC(O)c1ccco1)N1CCN(c2cccc(C(F)(F)F)c2)CC1. The molecule has 2 aromatic rings. The van der Waals surface area contributed by atoms with Gasteiger partial charge in [0.15, 0.2) is 5.96 Å². The van der Waals surface area contributed by atoms with Gasteiger partial charge >= 0.3 is 6.18 Å². The van der Waals surface area contributed by atoms with Gasteiger partial charge in [0.1, 0.15) is 11.9 Å². The molecular weight excluding hydrogens is 385 g/mol. The second-order valence-electron chi connectivity index (χ2n) is 6.75. The highest BCUT2D eigenvalue weighted by atomic mass is 19.4. The van der Waals surface area contributed by atoms with Crippen LogP contribution in [0.2, 0.25) is 0 Å². The van der Waals surface area contributed by atoms with Gasteiger partial charge in [-0.1, -0.05) is 6.07 Å². The number of hydrogen-bond donors (Lipinski definition) is 2. The van der Waals surface area contributed by atoms with Crippen molar-refractivity contribution in [3.8, 4) is 0 Å². The lowest BCUT2D eigenvalue weighted by molar-refractivity contribution is -0.137. The molecule has 0 amide bonds. The summed E-state index contributed by atoms with van der Waals surface area (Å²) in [6.07, 6.45) is -3.68. The number of nitrogens with one attached hydrogen (secondary N) is 1. The number of aliphatic hydroxyl groups excluding tert-OH is 1. The molecule has 3 rings (SSSR count). The number of furan rings is 1. The Balaban J connectivity index is 1.62. The number of guanidine groups is 1. The van der Waals surface area contributed by atoms with Gasteiger partial charge in [0.2, 0.25) is 0 Å². The lowest BCUT2D eigenvalue weighted by Crippen LogP contribution is -2.52. The molecule has 2 heterocycles. The van der Waals surface area contributed by atoms with Crippen molar-refractivity contribution >= 4 is 11.6 Å². The van der Waals surface area contributed by atoms with Crippen LogP contribution < -0.4 is 10.2 Å². The molecule has 1 aromatic carbocycles. The molecule has 0 aliphatic carbocycles. The number of benzene rings is 1. The molecule has 1 aliphatic heterocycles. The molecule has 29 heavy (non-hydrogen) atoms. The first-order valence-corrected chi connectivity index (χ1v) is 9.55. The Bertz CT molecular complexity index is 800. The van der Waals surface area contributed by atoms with Crippen LogP contribution in [0.4, 0.5) is 18.9 Å². The summed E-state index contributed by atoms with van der Waals surface area (Å²) in [6.45, 7) is 5.15. The van der Waals surface area contributed by atoms with E-state index < -0.39 is 17.8 Å². The van der Waals surface area contributed by atoms with E-state index in [0.717, 1.165) is 6.07 Å². The number of aliphatic hydroxyl groups is 1. The number of nitrogens with zero attached hydrogens (tertiary/aromatic N) is 3. The summed E-state index contributed by atoms with van der Waals surface area (Å²) < 4.78 is 44.1. The van der Waals surface area contributed by atoms with E-state index in [2.05, 4.69) is 10.3 Å². The number of aliphatic imine (C=N–C) groups is 1. The van der Waals surface area contributed by atoms with Gasteiger partial charge in [-0.3, -0.25) is 0 Å². The Kier molecular flexibility index (Phi) is 6.68. The maximum atomic E-state index is 13.0. The third-order valence-corrected chi connectivity index (χ3v) is 4.74. The van der Waals surface area contributed by atoms with Gasteiger partial charge in [0.05, 0.1) is 18.4 Å². The maximum Gasteiger partial charge on any atom is 0.416 e. The predicted molar refractivity (Wildman–Crippen MR) is 105 cm³/mol. The molecule has 0 spiro atoms. The average molecular weight is 410 g/mol. The van der Waals surface area contributed by atoms with Crippen molar-refractivity contribution in [2.45, 2.75) is 19.2 Å². The van der Waals surface area contributed by atoms with Gasteiger partial charge in [0.25, 0.3) is 0 Å². The molecule has 0 saturated carbocycles. The van der Waals surface area contributed by atoms with E-state index in [0.29, 0.717) is 50.1 Å². The Morgan fingerprint density at radius 3 is 2.59 bits per heavy atom. The van der Waals surface area contributed by atoms with Crippen LogP contribution in [0.3, 0.4) is 0 Å². The van der Waals surface area contributed by atoms with Gasteiger partial charge < -0.3 is 24.6 Å². The largest absolute Gasteiger partial charge is 0.467 e. The van der Waals surface area contributed by atoms with E-state index in [1.807, 2.05) is 16.7 Å². The monoisotopic (exact) mass is 410 g/mol. The molecule has 1 aromatic heterocycles. The summed E-state index contributed by atoms with van der Waals surface area (Å²) in [5.74, 6) is 1.13. The fourth-order valence-corrected chi connectivity index (χ4v) is 3.22. The van der Waals surface area contributed by atoms with Crippen LogP contribution in [-0.4, -0.2) is 55.2 Å². The summed E-state index contributed by atoms with van der Waals surface area (Å²) in [6, 6.07) is 8.81. The van der Waals surface area contributed by atoms with E-state index in [9.17, 15) is 18.3 Å². The second kappa shape index (κ2) is 9.21. The number of hydrogen-bond acceptors (Lipinski definition) is 4. The zero-order valence-corrected chi connectivity index (χ0v) is 16.2. The molecule has 1 saturated heterocycles. The summed E-state index contributed by atoms with van der Waals surface area (Å²) in [5, 5.41) is 13.4. The van der Waals surface area contributed by atoms with Crippen molar-refractivity contribution in [3.63, 3.8) is 0 Å². The fraction of sp³-hybridized carbons (Fsp3) is 0.450. The van der Waals surface area contributed by atoms with Crippen LogP contribution in [0.5, 0.6) is 0 Å². The fourth-order valence-electron chi connectivity index (χ4n) is 3.22. The minimum atomic E-state index is -4.35. The van der Waals surface area contributed by atoms with Crippen molar-refractivity contribution < 1.29 is 22.7 Å². The molecule has 1 unspecified atom stereocenters. The molecule has 0 bridgehead atoms. The normalized spacial score (nSPS) is 16.8. The van der Waals surface area contributed by atoms with Gasteiger partial charge in [-0.2, -0.15) is 13.2 Å². The predicted octanol–water partition coefficient (Wildman–Crippen LogP) is 3.12. The number of halogens is 3. The molecule has 9 heteroatoms. The highest BCUT2D eigenvalue weighted by Gasteiger charge is 2.31. The van der Waals surface area contributed by atoms with Gasteiger partial charge in [-0.05, 0) is 37.3 Å². The quantitative estimate of drug-likeness (QED) is 0.586. The van der Waals surface area contributed by atoms with Crippen LogP contribution in [0.1, 0.15) is 24.4 Å².